The van der Waals surface area contributed by atoms with Gasteiger partial charge in [-0.1, -0.05) is 0 Å². The van der Waals surface area contributed by atoms with Crippen LogP contribution in [-0.4, -0.2) is 14.8 Å². The third-order valence-electron chi connectivity index (χ3n) is 2.86. The summed E-state index contributed by atoms with van der Waals surface area (Å²) in [6.45, 7) is 0. The summed E-state index contributed by atoms with van der Waals surface area (Å²) >= 11 is 1.60. The first-order valence-electron chi connectivity index (χ1n) is 6.75. The molecule has 0 bridgehead atoms. The molecule has 1 radical (unpaired) electrons. The Morgan fingerprint density at radius 2 is 1.78 bits per heavy atom. The zero-order valence-electron chi connectivity index (χ0n) is 12.1. The molecule has 0 saturated heterocycles. The van der Waals surface area contributed by atoms with Gasteiger partial charge in [0.1, 0.15) is 0 Å². The van der Waals surface area contributed by atoms with Crippen LogP contribution < -0.4 is 0 Å². The number of thiazole rings is 1. The van der Waals surface area contributed by atoms with Crippen molar-refractivity contribution in [3.8, 4) is 16.9 Å². The maximum atomic E-state index is 4.17. The third-order valence-corrected chi connectivity index (χ3v) is 3.45. The van der Waals surface area contributed by atoms with Gasteiger partial charge >= 0.3 is 0 Å². The van der Waals surface area contributed by atoms with Gasteiger partial charge in [-0.2, -0.15) is 29.4 Å². The van der Waals surface area contributed by atoms with Gasteiger partial charge in [-0.3, -0.25) is 9.67 Å². The molecule has 2 aromatic carbocycles. The molecule has 0 amide bonds. The predicted molar refractivity (Wildman–Crippen MR) is 88.8 cm³/mol. The van der Waals surface area contributed by atoms with Crippen LogP contribution in [0.4, 0.5) is 0 Å². The first kappa shape index (κ1) is 17.3. The van der Waals surface area contributed by atoms with Crippen molar-refractivity contribution in [3.05, 3.63) is 90.0 Å². The van der Waals surface area contributed by atoms with E-state index in [-0.39, 0.29) is 20.1 Å². The van der Waals surface area contributed by atoms with Crippen molar-refractivity contribution >= 4 is 11.3 Å². The molecule has 0 unspecified atom stereocenters. The average molecular weight is 496 g/mol. The van der Waals surface area contributed by atoms with E-state index in [0.29, 0.717) is 0 Å². The molecular formula is C18H13IrN3S-2. The molecule has 0 atom stereocenters. The maximum Gasteiger partial charge on any atom is 0.0676 e. The van der Waals surface area contributed by atoms with Gasteiger partial charge in [0.25, 0.3) is 0 Å². The number of rotatable bonds is 2. The van der Waals surface area contributed by atoms with Crippen LogP contribution in [0.25, 0.3) is 16.9 Å². The van der Waals surface area contributed by atoms with E-state index < -0.39 is 0 Å². The smallest absolute Gasteiger partial charge is 0.0676 e. The minimum absolute atomic E-state index is 0. The molecule has 2 heterocycles. The Bertz CT molecular complexity index is 700. The molecule has 4 aromatic rings. The Balaban J connectivity index is 0.000000160. The molecule has 4 rings (SSSR count). The monoisotopic (exact) mass is 496 g/mol. The second kappa shape index (κ2) is 9.15. The molecule has 0 spiro atoms. The molecule has 0 saturated carbocycles. The van der Waals surface area contributed by atoms with E-state index >= 15 is 0 Å². The van der Waals surface area contributed by atoms with Gasteiger partial charge in [0.05, 0.1) is 5.51 Å². The fourth-order valence-corrected chi connectivity index (χ4v) is 2.39. The Labute approximate surface area is 153 Å². The van der Waals surface area contributed by atoms with Crippen molar-refractivity contribution in [2.45, 2.75) is 0 Å². The second-order valence-corrected chi connectivity index (χ2v) is 5.07. The Morgan fingerprint density at radius 3 is 2.35 bits per heavy atom. The molecule has 117 valence electrons. The number of nitrogens with zero attached hydrogens (tertiary/aromatic N) is 3. The number of hydrogen-bond donors (Lipinski definition) is 0. The summed E-state index contributed by atoms with van der Waals surface area (Å²) in [6, 6.07) is 23.7. The minimum Gasteiger partial charge on any atom is -0.293 e. The van der Waals surface area contributed by atoms with Crippen LogP contribution >= 0.6 is 11.3 Å². The van der Waals surface area contributed by atoms with Crippen LogP contribution in [0.3, 0.4) is 0 Å². The van der Waals surface area contributed by atoms with Gasteiger partial charge < -0.3 is 0 Å². The molecule has 5 heteroatoms. The molecule has 0 fully saturated rings. The molecular weight excluding hydrogens is 483 g/mol. The molecule has 0 aliphatic carbocycles. The molecule has 3 nitrogen and oxygen atoms in total. The van der Waals surface area contributed by atoms with Gasteiger partial charge in [0.15, 0.2) is 0 Å². The van der Waals surface area contributed by atoms with Crippen molar-refractivity contribution in [1.82, 2.24) is 14.8 Å². The van der Waals surface area contributed by atoms with E-state index in [1.54, 1.807) is 22.2 Å². The summed E-state index contributed by atoms with van der Waals surface area (Å²) in [4.78, 5) is 4.17. The van der Waals surface area contributed by atoms with Crippen molar-refractivity contribution in [1.29, 1.82) is 0 Å². The number of aromatic nitrogens is 3. The summed E-state index contributed by atoms with van der Waals surface area (Å²) in [6.07, 6.45) is 3.65. The topological polar surface area (TPSA) is 30.7 Å². The van der Waals surface area contributed by atoms with Crippen molar-refractivity contribution in [2.75, 3.05) is 0 Å². The fourth-order valence-electron chi connectivity index (χ4n) is 1.84. The summed E-state index contributed by atoms with van der Waals surface area (Å²) < 4.78 is 1.78. The van der Waals surface area contributed by atoms with Gasteiger partial charge in [0, 0.05) is 32.5 Å². The van der Waals surface area contributed by atoms with Crippen LogP contribution in [-0.2, 0) is 20.1 Å². The van der Waals surface area contributed by atoms with E-state index in [1.807, 2.05) is 71.7 Å². The number of benzene rings is 2. The van der Waals surface area contributed by atoms with Crippen LogP contribution in [0.1, 0.15) is 0 Å². The second-order valence-electron chi connectivity index (χ2n) is 4.35. The maximum absolute atomic E-state index is 4.17. The molecule has 2 aromatic heterocycles. The van der Waals surface area contributed by atoms with E-state index in [9.17, 15) is 0 Å². The van der Waals surface area contributed by atoms with Gasteiger partial charge in [0.2, 0.25) is 0 Å². The average Bonchev–Trinajstić information content (AvgIpc) is 3.31. The largest absolute Gasteiger partial charge is 0.293 e. The summed E-state index contributed by atoms with van der Waals surface area (Å²) in [5, 5.41) is 6.09. The molecule has 0 aliphatic heterocycles. The minimum atomic E-state index is 0. The van der Waals surface area contributed by atoms with Crippen LogP contribution in [0.15, 0.2) is 77.9 Å². The first-order chi connectivity index (χ1) is 10.9. The first-order valence-corrected chi connectivity index (χ1v) is 7.70. The van der Waals surface area contributed by atoms with Crippen LogP contribution in [0.5, 0.6) is 0 Å². The van der Waals surface area contributed by atoms with Crippen molar-refractivity contribution in [3.63, 3.8) is 0 Å². The quantitative estimate of drug-likeness (QED) is 0.389. The summed E-state index contributed by atoms with van der Waals surface area (Å²) in [5.41, 5.74) is 4.87. The Hall–Kier alpha value is -2.07. The zero-order valence-corrected chi connectivity index (χ0v) is 15.3. The third kappa shape index (κ3) is 4.96. The summed E-state index contributed by atoms with van der Waals surface area (Å²) in [5.74, 6) is 0. The normalized spacial score (nSPS) is 9.39. The van der Waals surface area contributed by atoms with Gasteiger partial charge in [-0.15, -0.1) is 53.3 Å². The standard InChI is InChI=1S/C9H7N2.C9H6NS.Ir/c1-2-5-9(6-3-1)11-8-4-7-10-11;1-2-4-8(5-3-1)9-6-11-7-10-9;/h1-5,7-8H;1-4,6-7H;/q2*-1;. The predicted octanol–water partition coefficient (Wildman–Crippen LogP) is 4.28. The Kier molecular flexibility index (Phi) is 6.88. The number of hydrogen-bond acceptors (Lipinski definition) is 3. The molecule has 0 N–H and O–H groups in total. The molecule has 23 heavy (non-hydrogen) atoms. The van der Waals surface area contributed by atoms with Gasteiger partial charge in [-0.05, 0) is 22.8 Å². The molecule has 0 aliphatic rings. The van der Waals surface area contributed by atoms with Crippen LogP contribution in [0, 0.1) is 12.1 Å². The zero-order chi connectivity index (χ0) is 15.0. The SMILES string of the molecule is [Ir].[c-]1ccccc1-c1cscn1.[c-]1ccccc1-n1cccn1. The number of para-hydroxylation sites is 1. The van der Waals surface area contributed by atoms with Crippen molar-refractivity contribution in [2.24, 2.45) is 0 Å². The van der Waals surface area contributed by atoms with Crippen molar-refractivity contribution < 1.29 is 20.1 Å². The van der Waals surface area contributed by atoms with E-state index in [1.165, 1.54) is 0 Å². The fraction of sp³-hybridized carbons (Fsp3) is 0. The van der Waals surface area contributed by atoms with Crippen LogP contribution in [0.2, 0.25) is 0 Å². The Morgan fingerprint density at radius 1 is 0.957 bits per heavy atom. The van der Waals surface area contributed by atoms with Gasteiger partial charge in [-0.25, -0.2) is 0 Å². The van der Waals surface area contributed by atoms with E-state index in [2.05, 4.69) is 22.2 Å². The van der Waals surface area contributed by atoms with E-state index in [4.69, 9.17) is 0 Å². The summed E-state index contributed by atoms with van der Waals surface area (Å²) in [7, 11) is 0. The van der Waals surface area contributed by atoms with E-state index in [0.717, 1.165) is 16.9 Å².